The van der Waals surface area contributed by atoms with Crippen LogP contribution in [0.4, 0.5) is 0 Å². The van der Waals surface area contributed by atoms with Gasteiger partial charge in [0, 0.05) is 17.8 Å². The van der Waals surface area contributed by atoms with Crippen LogP contribution in [0.25, 0.3) is 0 Å². The average Bonchev–Trinajstić information content (AvgIpc) is 3.49. The molecule has 4 saturated heterocycles. The highest BCUT2D eigenvalue weighted by Gasteiger charge is 2.80. The number of hydrogen-bond donors (Lipinski definition) is 8. The third kappa shape index (κ3) is 6.50. The third-order valence-electron chi connectivity index (χ3n) is 19.5. The van der Waals surface area contributed by atoms with Gasteiger partial charge in [0.1, 0.15) is 66.8 Å². The Morgan fingerprint density at radius 2 is 1.34 bits per heavy atom. The van der Waals surface area contributed by atoms with Gasteiger partial charge in [0.2, 0.25) is 0 Å². The van der Waals surface area contributed by atoms with Crippen molar-refractivity contribution in [3.05, 3.63) is 0 Å². The van der Waals surface area contributed by atoms with Crippen molar-refractivity contribution in [2.24, 2.45) is 50.2 Å². The van der Waals surface area contributed by atoms with Gasteiger partial charge in [0.15, 0.2) is 18.9 Å². The predicted molar refractivity (Wildman–Crippen MR) is 217 cm³/mol. The van der Waals surface area contributed by atoms with Crippen LogP contribution in [-0.4, -0.2) is 165 Å². The summed E-state index contributed by atoms with van der Waals surface area (Å²) in [6.07, 6.45) is -10.8. The maximum absolute atomic E-state index is 14.5. The molecular weight excluding hydrogens is 808 g/mol. The molecule has 9 fully saturated rings. The molecular formula is C46H74O16. The second kappa shape index (κ2) is 15.6. The van der Waals surface area contributed by atoms with Gasteiger partial charge < -0.3 is 74.0 Å². The van der Waals surface area contributed by atoms with Crippen molar-refractivity contribution in [2.75, 3.05) is 26.4 Å². The van der Waals surface area contributed by atoms with Gasteiger partial charge in [0.05, 0.1) is 43.5 Å². The number of ether oxygens (including phenoxy) is 7. The van der Waals surface area contributed by atoms with Crippen LogP contribution in [0.2, 0.25) is 0 Å². The van der Waals surface area contributed by atoms with Crippen molar-refractivity contribution in [1.82, 2.24) is 0 Å². The molecule has 0 aromatic rings. The zero-order chi connectivity index (χ0) is 44.7. The largest absolute Gasteiger partial charge is 0.394 e. The van der Waals surface area contributed by atoms with Crippen LogP contribution in [0.3, 0.4) is 0 Å². The summed E-state index contributed by atoms with van der Waals surface area (Å²) < 4.78 is 42.8. The van der Waals surface area contributed by atoms with Gasteiger partial charge in [-0.1, -0.05) is 48.5 Å². The Morgan fingerprint density at radius 3 is 2.06 bits per heavy atom. The average molecular weight is 883 g/mol. The minimum Gasteiger partial charge on any atom is -0.394 e. The number of aliphatic hydroxyl groups is 8. The molecule has 22 atom stereocenters. The van der Waals surface area contributed by atoms with Crippen LogP contribution in [0.1, 0.15) is 113 Å². The lowest BCUT2D eigenvalue weighted by molar-refractivity contribution is -0.378. The number of ketones is 1. The number of aliphatic hydroxyl groups excluding tert-OH is 8. The summed E-state index contributed by atoms with van der Waals surface area (Å²) in [7, 11) is 0. The van der Waals surface area contributed by atoms with Gasteiger partial charge in [-0.3, -0.25) is 4.79 Å². The van der Waals surface area contributed by atoms with E-state index in [0.29, 0.717) is 31.1 Å². The number of carbonyl (C=O) groups is 1. The molecule has 1 spiro atoms. The zero-order valence-corrected chi connectivity index (χ0v) is 37.6. The fourth-order valence-electron chi connectivity index (χ4n) is 15.7. The standard InChI is InChI=1S/C46H74O16/c1-40(2)14-15-45-21-58-46(27(45)16-40)13-9-26-42(5)11-10-29(41(3,4)25(42)8-12-43(26,6)44(46,7)17-28(45)49)61-37-35(55)32(52)24(20-57-37)60-39-36(33(53)31(51)23(18-47)59-39)62-38-34(54)30(50)22(48)19-56-38/h22-27,29-39,47-48,50-55H,8-21H2,1-7H3/t22-,23+,24-,25-,26+,27+,29-,30+,31+,32-,33-,34-,35+,36+,37-,38+,39-,42-,43+,44-,45+,46-/m0/s1. The maximum Gasteiger partial charge on any atom is 0.187 e. The van der Waals surface area contributed by atoms with Crippen LogP contribution in [0, 0.1) is 50.2 Å². The van der Waals surface area contributed by atoms with Crippen LogP contribution >= 0.6 is 0 Å². The van der Waals surface area contributed by atoms with Crippen LogP contribution in [0.15, 0.2) is 0 Å². The van der Waals surface area contributed by atoms with Crippen molar-refractivity contribution in [3.63, 3.8) is 0 Å². The van der Waals surface area contributed by atoms with Gasteiger partial charge in [-0.05, 0) is 91.3 Å². The summed E-state index contributed by atoms with van der Waals surface area (Å²) >= 11 is 0. The lowest BCUT2D eigenvalue weighted by Gasteiger charge is -2.74. The van der Waals surface area contributed by atoms with Gasteiger partial charge in [-0.25, -0.2) is 0 Å². The molecule has 354 valence electrons. The Hall–Kier alpha value is -0.930. The van der Waals surface area contributed by atoms with E-state index < -0.39 is 93.1 Å². The first-order valence-corrected chi connectivity index (χ1v) is 23.4. The number of Topliss-reactive ketones (excluding diaryl/α,β-unsaturated/α-hetero) is 1. The molecule has 4 heterocycles. The first-order chi connectivity index (χ1) is 29.0. The van der Waals surface area contributed by atoms with Gasteiger partial charge >= 0.3 is 0 Å². The Bertz CT molecular complexity index is 1700. The van der Waals surface area contributed by atoms with Crippen molar-refractivity contribution in [2.45, 2.75) is 204 Å². The van der Waals surface area contributed by atoms with E-state index in [9.17, 15) is 45.6 Å². The molecule has 0 aromatic carbocycles. The molecule has 16 heteroatoms. The van der Waals surface area contributed by atoms with Crippen molar-refractivity contribution >= 4 is 5.78 Å². The molecule has 0 aromatic heterocycles. The predicted octanol–water partition coefficient (Wildman–Crippen LogP) is 1.31. The van der Waals surface area contributed by atoms with Gasteiger partial charge in [-0.15, -0.1) is 0 Å². The lowest BCUT2D eigenvalue weighted by Crippen LogP contribution is -2.73. The van der Waals surface area contributed by atoms with Crippen LogP contribution < -0.4 is 0 Å². The third-order valence-corrected chi connectivity index (χ3v) is 19.5. The molecule has 0 unspecified atom stereocenters. The van der Waals surface area contributed by atoms with E-state index in [1.807, 2.05) is 0 Å². The Balaban J connectivity index is 0.880. The highest BCUT2D eigenvalue weighted by Crippen LogP contribution is 2.80. The molecule has 0 amide bonds. The molecule has 16 nitrogen and oxygen atoms in total. The first kappa shape index (κ1) is 46.2. The highest BCUT2D eigenvalue weighted by molar-refractivity contribution is 5.88. The Labute approximate surface area is 364 Å². The molecule has 8 N–H and O–H groups in total. The molecule has 2 bridgehead atoms. The second-order valence-electron chi connectivity index (χ2n) is 23.2. The molecule has 62 heavy (non-hydrogen) atoms. The minimum absolute atomic E-state index is 0.0345. The monoisotopic (exact) mass is 882 g/mol. The first-order valence-electron chi connectivity index (χ1n) is 23.4. The SMILES string of the molecule is CC1(C)CC[C@]23CO[C@@]4(CC[C@@H]5[C@@]6(C)CC[C@H](O[C@@H]7OC[C@H](O[C@@H]8O[C@H](CO)[C@@H](O)[C@H](O)[C@H]8O[C@H]8OC[C@H](O)[C@@H](O)[C@@H]8O)[C@H](O)[C@H]7O)C(C)(C)[C@@H]6CC[C@@]5(C)[C@]4(C)CC2=O)[C@@H]3C1. The van der Waals surface area contributed by atoms with E-state index in [2.05, 4.69) is 48.5 Å². The second-order valence-corrected chi connectivity index (χ2v) is 23.2. The smallest absolute Gasteiger partial charge is 0.187 e. The molecule has 9 rings (SSSR count). The van der Waals surface area contributed by atoms with E-state index in [4.69, 9.17) is 33.2 Å². The minimum atomic E-state index is -1.74. The fourth-order valence-corrected chi connectivity index (χ4v) is 15.7. The van der Waals surface area contributed by atoms with Gasteiger partial charge in [0.25, 0.3) is 0 Å². The maximum atomic E-state index is 14.5. The topological polar surface area (TPSA) is 244 Å². The molecule has 9 aliphatic rings. The number of hydrogen-bond acceptors (Lipinski definition) is 16. The van der Waals surface area contributed by atoms with Crippen LogP contribution in [-0.2, 0) is 38.0 Å². The normalized spacial score (nSPS) is 56.9. The lowest BCUT2D eigenvalue weighted by atomic mass is 9.30. The summed E-state index contributed by atoms with van der Waals surface area (Å²) in [5.74, 6) is 1.35. The van der Waals surface area contributed by atoms with Gasteiger partial charge in [-0.2, -0.15) is 0 Å². The number of rotatable bonds is 7. The van der Waals surface area contributed by atoms with E-state index in [1.165, 1.54) is 0 Å². The summed E-state index contributed by atoms with van der Waals surface area (Å²) in [6, 6.07) is 0. The molecule has 5 aliphatic carbocycles. The fraction of sp³-hybridized carbons (Fsp3) is 0.978. The molecule has 0 radical (unpaired) electrons. The highest BCUT2D eigenvalue weighted by atomic mass is 16.8. The number of fused-ring (bicyclic) bond motifs is 4. The Kier molecular flexibility index (Phi) is 11.6. The number of carbonyl (C=O) groups excluding carboxylic acids is 1. The van der Waals surface area contributed by atoms with Crippen molar-refractivity contribution < 1.29 is 78.8 Å². The summed E-state index contributed by atoms with van der Waals surface area (Å²) in [6.45, 7) is 15.8. The molecule has 4 aliphatic heterocycles. The summed E-state index contributed by atoms with van der Waals surface area (Å²) in [4.78, 5) is 14.5. The van der Waals surface area contributed by atoms with Crippen molar-refractivity contribution in [3.8, 4) is 0 Å². The summed E-state index contributed by atoms with van der Waals surface area (Å²) in [5.41, 5.74) is -1.19. The van der Waals surface area contributed by atoms with E-state index in [1.54, 1.807) is 0 Å². The van der Waals surface area contributed by atoms with E-state index >= 15 is 0 Å². The van der Waals surface area contributed by atoms with E-state index in [0.717, 1.165) is 51.4 Å². The quantitative estimate of drug-likeness (QED) is 0.168. The van der Waals surface area contributed by atoms with E-state index in [-0.39, 0.29) is 62.6 Å². The van der Waals surface area contributed by atoms with Crippen molar-refractivity contribution in [1.29, 1.82) is 0 Å². The summed E-state index contributed by atoms with van der Waals surface area (Å²) in [5, 5.41) is 85.1. The zero-order valence-electron chi connectivity index (χ0n) is 37.6. The van der Waals surface area contributed by atoms with Crippen LogP contribution in [0.5, 0.6) is 0 Å². The molecule has 5 saturated carbocycles. The Morgan fingerprint density at radius 1 is 0.661 bits per heavy atom.